The predicted molar refractivity (Wildman–Crippen MR) is 73.8 cm³/mol. The smallest absolute Gasteiger partial charge is 0.255 e. The molecular formula is C15H9F2N3O. The molecule has 0 spiro atoms. The van der Waals surface area contributed by atoms with E-state index < -0.39 is 17.5 Å². The van der Waals surface area contributed by atoms with E-state index in [2.05, 4.69) is 15.3 Å². The van der Waals surface area contributed by atoms with Crippen LogP contribution in [0.15, 0.2) is 48.8 Å². The monoisotopic (exact) mass is 285 g/mol. The molecule has 0 aliphatic carbocycles. The number of amides is 1. The molecule has 3 aromatic rings. The van der Waals surface area contributed by atoms with Gasteiger partial charge in [-0.3, -0.25) is 14.8 Å². The summed E-state index contributed by atoms with van der Waals surface area (Å²) in [5, 5.41) is 2.60. The Morgan fingerprint density at radius 1 is 0.905 bits per heavy atom. The molecule has 0 unspecified atom stereocenters. The van der Waals surface area contributed by atoms with Crippen molar-refractivity contribution in [2.75, 3.05) is 5.32 Å². The summed E-state index contributed by atoms with van der Waals surface area (Å²) < 4.78 is 26.0. The summed E-state index contributed by atoms with van der Waals surface area (Å²) in [6, 6.07) is 8.01. The van der Waals surface area contributed by atoms with E-state index in [1.807, 2.05) is 0 Å². The third-order valence-corrected chi connectivity index (χ3v) is 2.91. The topological polar surface area (TPSA) is 54.9 Å². The van der Waals surface area contributed by atoms with Crippen molar-refractivity contribution in [3.05, 3.63) is 66.0 Å². The summed E-state index contributed by atoms with van der Waals surface area (Å²) in [6.45, 7) is 0. The molecule has 6 heteroatoms. The van der Waals surface area contributed by atoms with Gasteiger partial charge in [0.05, 0.1) is 11.0 Å². The number of nitrogens with zero attached hydrogens (tertiary/aromatic N) is 2. The minimum Gasteiger partial charge on any atom is -0.322 e. The summed E-state index contributed by atoms with van der Waals surface area (Å²) in [6.07, 6.45) is 3.12. The fourth-order valence-electron chi connectivity index (χ4n) is 1.88. The number of aromatic nitrogens is 2. The van der Waals surface area contributed by atoms with Gasteiger partial charge >= 0.3 is 0 Å². The number of carbonyl (C=O) groups excluding carboxylic acids is 1. The van der Waals surface area contributed by atoms with E-state index in [0.717, 1.165) is 12.1 Å². The van der Waals surface area contributed by atoms with Gasteiger partial charge in [-0.25, -0.2) is 8.78 Å². The van der Waals surface area contributed by atoms with E-state index in [1.165, 1.54) is 6.07 Å². The zero-order valence-electron chi connectivity index (χ0n) is 10.7. The van der Waals surface area contributed by atoms with Gasteiger partial charge in [0.2, 0.25) is 0 Å². The van der Waals surface area contributed by atoms with Crippen molar-refractivity contribution in [3.63, 3.8) is 0 Å². The van der Waals surface area contributed by atoms with Gasteiger partial charge in [0, 0.05) is 23.6 Å². The Morgan fingerprint density at radius 2 is 1.67 bits per heavy atom. The first-order chi connectivity index (χ1) is 10.1. The van der Waals surface area contributed by atoms with Crippen LogP contribution in [0.3, 0.4) is 0 Å². The van der Waals surface area contributed by atoms with Crippen LogP contribution in [-0.4, -0.2) is 15.9 Å². The van der Waals surface area contributed by atoms with Crippen LogP contribution in [0.25, 0.3) is 11.0 Å². The Kier molecular flexibility index (Phi) is 3.27. The predicted octanol–water partition coefficient (Wildman–Crippen LogP) is 3.16. The average molecular weight is 285 g/mol. The molecule has 1 heterocycles. The first kappa shape index (κ1) is 13.1. The highest BCUT2D eigenvalue weighted by Gasteiger charge is 2.10. The van der Waals surface area contributed by atoms with E-state index in [4.69, 9.17) is 0 Å². The van der Waals surface area contributed by atoms with Crippen LogP contribution in [-0.2, 0) is 0 Å². The van der Waals surface area contributed by atoms with Crippen molar-refractivity contribution in [2.45, 2.75) is 0 Å². The average Bonchev–Trinajstić information content (AvgIpc) is 2.50. The minimum absolute atomic E-state index is 0.0353. The van der Waals surface area contributed by atoms with Gasteiger partial charge in [-0.2, -0.15) is 0 Å². The molecule has 21 heavy (non-hydrogen) atoms. The van der Waals surface area contributed by atoms with Crippen molar-refractivity contribution < 1.29 is 13.6 Å². The van der Waals surface area contributed by atoms with Gasteiger partial charge in [-0.15, -0.1) is 0 Å². The summed E-state index contributed by atoms with van der Waals surface area (Å²) in [4.78, 5) is 20.2. The van der Waals surface area contributed by atoms with Crippen LogP contribution >= 0.6 is 0 Å². The third kappa shape index (κ3) is 2.69. The Morgan fingerprint density at radius 3 is 2.43 bits per heavy atom. The lowest BCUT2D eigenvalue weighted by Crippen LogP contribution is -2.12. The molecule has 1 N–H and O–H groups in total. The van der Waals surface area contributed by atoms with Crippen LogP contribution in [0.4, 0.5) is 14.5 Å². The number of fused-ring (bicyclic) bond motifs is 1. The molecule has 0 saturated carbocycles. The minimum atomic E-state index is -1.06. The van der Waals surface area contributed by atoms with E-state index in [1.54, 1.807) is 30.6 Å². The maximum absolute atomic E-state index is 13.1. The molecule has 0 radical (unpaired) electrons. The fraction of sp³-hybridized carbons (Fsp3) is 0. The molecule has 1 aromatic heterocycles. The maximum Gasteiger partial charge on any atom is 0.255 e. The van der Waals surface area contributed by atoms with Gasteiger partial charge < -0.3 is 5.32 Å². The molecule has 0 bridgehead atoms. The summed E-state index contributed by atoms with van der Waals surface area (Å²) in [5.41, 5.74) is 1.86. The largest absolute Gasteiger partial charge is 0.322 e. The first-order valence-corrected chi connectivity index (χ1v) is 6.11. The molecule has 0 aliphatic rings. The number of halogens is 2. The zero-order chi connectivity index (χ0) is 14.8. The van der Waals surface area contributed by atoms with Crippen molar-refractivity contribution in [3.8, 4) is 0 Å². The SMILES string of the molecule is O=C(Nc1ccc2nccnc2c1)c1ccc(F)c(F)c1. The van der Waals surface area contributed by atoms with Gasteiger partial charge in [0.1, 0.15) is 0 Å². The zero-order valence-corrected chi connectivity index (χ0v) is 10.7. The van der Waals surface area contributed by atoms with Crippen molar-refractivity contribution >= 4 is 22.6 Å². The van der Waals surface area contributed by atoms with E-state index in [-0.39, 0.29) is 5.56 Å². The molecule has 1 amide bonds. The number of hydrogen-bond acceptors (Lipinski definition) is 3. The Hall–Kier alpha value is -2.89. The van der Waals surface area contributed by atoms with Gasteiger partial charge in [-0.1, -0.05) is 0 Å². The van der Waals surface area contributed by atoms with E-state index in [9.17, 15) is 13.6 Å². The lowest BCUT2D eigenvalue weighted by atomic mass is 10.2. The van der Waals surface area contributed by atoms with Crippen LogP contribution in [0.5, 0.6) is 0 Å². The Bertz CT molecular complexity index is 836. The number of anilines is 1. The maximum atomic E-state index is 13.1. The summed E-state index contributed by atoms with van der Waals surface area (Å²) in [7, 11) is 0. The molecule has 2 aromatic carbocycles. The van der Waals surface area contributed by atoms with Gasteiger partial charge in [0.25, 0.3) is 5.91 Å². The van der Waals surface area contributed by atoms with Gasteiger partial charge in [0.15, 0.2) is 11.6 Å². The second-order valence-electron chi connectivity index (χ2n) is 4.34. The van der Waals surface area contributed by atoms with E-state index in [0.29, 0.717) is 16.7 Å². The highest BCUT2D eigenvalue weighted by Crippen LogP contribution is 2.16. The Labute approximate surface area is 118 Å². The lowest BCUT2D eigenvalue weighted by Gasteiger charge is -2.06. The molecule has 0 aliphatic heterocycles. The highest BCUT2D eigenvalue weighted by atomic mass is 19.2. The summed E-state index contributed by atoms with van der Waals surface area (Å²) in [5.74, 6) is -2.59. The molecule has 0 fully saturated rings. The molecule has 104 valence electrons. The number of rotatable bonds is 2. The van der Waals surface area contributed by atoms with Crippen LogP contribution in [0.2, 0.25) is 0 Å². The third-order valence-electron chi connectivity index (χ3n) is 2.91. The standard InChI is InChI=1S/C15H9F2N3O/c16-11-3-1-9(7-12(11)17)15(21)20-10-2-4-13-14(8-10)19-6-5-18-13/h1-8H,(H,20,21). The highest BCUT2D eigenvalue weighted by molar-refractivity contribution is 6.04. The van der Waals surface area contributed by atoms with Crippen molar-refractivity contribution in [1.29, 1.82) is 0 Å². The molecule has 0 atom stereocenters. The lowest BCUT2D eigenvalue weighted by molar-refractivity contribution is 0.102. The molecular weight excluding hydrogens is 276 g/mol. The van der Waals surface area contributed by atoms with E-state index >= 15 is 0 Å². The molecule has 3 rings (SSSR count). The van der Waals surface area contributed by atoms with Crippen LogP contribution in [0.1, 0.15) is 10.4 Å². The van der Waals surface area contributed by atoms with Crippen LogP contribution in [0, 0.1) is 11.6 Å². The molecule has 0 saturated heterocycles. The Balaban J connectivity index is 1.87. The van der Waals surface area contributed by atoms with Crippen molar-refractivity contribution in [1.82, 2.24) is 9.97 Å². The second-order valence-corrected chi connectivity index (χ2v) is 4.34. The van der Waals surface area contributed by atoms with Crippen LogP contribution < -0.4 is 5.32 Å². The number of carbonyl (C=O) groups is 1. The normalized spacial score (nSPS) is 10.6. The molecule has 4 nitrogen and oxygen atoms in total. The van der Waals surface area contributed by atoms with Gasteiger partial charge in [-0.05, 0) is 36.4 Å². The fourth-order valence-corrected chi connectivity index (χ4v) is 1.88. The summed E-state index contributed by atoms with van der Waals surface area (Å²) >= 11 is 0. The number of nitrogens with one attached hydrogen (secondary N) is 1. The quantitative estimate of drug-likeness (QED) is 0.787. The number of hydrogen-bond donors (Lipinski definition) is 1. The first-order valence-electron chi connectivity index (χ1n) is 6.11. The van der Waals surface area contributed by atoms with Crippen molar-refractivity contribution in [2.24, 2.45) is 0 Å². The number of benzene rings is 2. The second kappa shape index (κ2) is 5.24.